The van der Waals surface area contributed by atoms with Crippen LogP contribution in [0.25, 0.3) is 0 Å². The van der Waals surface area contributed by atoms with Crippen LogP contribution >= 0.6 is 11.6 Å². The van der Waals surface area contributed by atoms with Gasteiger partial charge in [0.05, 0.1) is 6.54 Å². The highest BCUT2D eigenvalue weighted by molar-refractivity contribution is 6.64. The van der Waals surface area contributed by atoms with Crippen molar-refractivity contribution in [2.75, 3.05) is 0 Å². The third-order valence-electron chi connectivity index (χ3n) is 1.53. The second-order valence-electron chi connectivity index (χ2n) is 2.62. The van der Waals surface area contributed by atoms with Crippen molar-refractivity contribution in [3.63, 3.8) is 0 Å². The molecule has 3 heteroatoms. The maximum Gasteiger partial charge on any atom is 0.188 e. The predicted octanol–water partition coefficient (Wildman–Crippen LogP) is 2.05. The molecule has 0 saturated carbocycles. The average molecular weight is 183 g/mol. The van der Waals surface area contributed by atoms with Gasteiger partial charge < -0.3 is 5.73 Å². The number of benzene rings is 1. The topological polar surface area (TPSA) is 38.4 Å². The van der Waals surface area contributed by atoms with Crippen molar-refractivity contribution in [2.24, 2.45) is 10.7 Å². The van der Waals surface area contributed by atoms with E-state index in [-0.39, 0.29) is 5.29 Å². The van der Waals surface area contributed by atoms with Crippen molar-refractivity contribution in [3.8, 4) is 0 Å². The van der Waals surface area contributed by atoms with E-state index >= 15 is 0 Å². The number of aryl methyl sites for hydroxylation is 1. The number of aliphatic imine (C=N–C) groups is 1. The summed E-state index contributed by atoms with van der Waals surface area (Å²) in [5.41, 5.74) is 7.54. The van der Waals surface area contributed by atoms with Crippen LogP contribution in [0.1, 0.15) is 11.1 Å². The van der Waals surface area contributed by atoms with E-state index in [1.807, 2.05) is 31.2 Å². The van der Waals surface area contributed by atoms with Crippen LogP contribution in [0.5, 0.6) is 0 Å². The van der Waals surface area contributed by atoms with Gasteiger partial charge in [-0.3, -0.25) is 4.99 Å². The first-order chi connectivity index (χ1) is 5.68. The number of hydrogen-bond acceptors (Lipinski definition) is 1. The Balaban J connectivity index is 2.65. The zero-order valence-corrected chi connectivity index (χ0v) is 7.67. The third kappa shape index (κ3) is 2.93. The molecular weight excluding hydrogens is 172 g/mol. The smallest absolute Gasteiger partial charge is 0.188 e. The molecule has 0 spiro atoms. The number of rotatable bonds is 2. The molecule has 0 aromatic heterocycles. The predicted molar refractivity (Wildman–Crippen MR) is 52.4 cm³/mol. The fraction of sp³-hybridized carbons (Fsp3) is 0.222. The van der Waals surface area contributed by atoms with Crippen LogP contribution in [0.4, 0.5) is 0 Å². The van der Waals surface area contributed by atoms with Gasteiger partial charge in [-0.25, -0.2) is 0 Å². The normalized spacial score (nSPS) is 11.7. The zero-order chi connectivity index (χ0) is 8.97. The number of nitrogens with zero attached hydrogens (tertiary/aromatic N) is 1. The van der Waals surface area contributed by atoms with Crippen molar-refractivity contribution in [2.45, 2.75) is 13.5 Å². The van der Waals surface area contributed by atoms with Gasteiger partial charge in [0, 0.05) is 0 Å². The van der Waals surface area contributed by atoms with Gasteiger partial charge in [0.25, 0.3) is 0 Å². The molecule has 0 aliphatic carbocycles. The molecular formula is C9H11ClN2. The van der Waals surface area contributed by atoms with Crippen LogP contribution in [0.2, 0.25) is 0 Å². The van der Waals surface area contributed by atoms with Crippen LogP contribution in [0, 0.1) is 6.92 Å². The van der Waals surface area contributed by atoms with Crippen molar-refractivity contribution >= 4 is 16.9 Å². The minimum Gasteiger partial charge on any atom is -0.374 e. The Morgan fingerprint density at radius 2 is 2.00 bits per heavy atom. The van der Waals surface area contributed by atoms with Gasteiger partial charge in [-0.2, -0.15) is 0 Å². The quantitative estimate of drug-likeness (QED) is 0.424. The molecule has 0 amide bonds. The van der Waals surface area contributed by atoms with Gasteiger partial charge in [0.15, 0.2) is 5.29 Å². The highest BCUT2D eigenvalue weighted by atomic mass is 35.5. The summed E-state index contributed by atoms with van der Waals surface area (Å²) in [5, 5.41) is 0.107. The van der Waals surface area contributed by atoms with Crippen molar-refractivity contribution in [1.82, 2.24) is 0 Å². The largest absolute Gasteiger partial charge is 0.374 e. The highest BCUT2D eigenvalue weighted by Crippen LogP contribution is 2.04. The molecule has 0 aliphatic rings. The fourth-order valence-corrected chi connectivity index (χ4v) is 0.920. The van der Waals surface area contributed by atoms with Gasteiger partial charge in [0.1, 0.15) is 0 Å². The monoisotopic (exact) mass is 182 g/mol. The lowest BCUT2D eigenvalue weighted by molar-refractivity contribution is 1.07. The lowest BCUT2D eigenvalue weighted by Gasteiger charge is -1.96. The van der Waals surface area contributed by atoms with Gasteiger partial charge >= 0.3 is 0 Å². The van der Waals surface area contributed by atoms with Gasteiger partial charge in [-0.05, 0) is 24.1 Å². The van der Waals surface area contributed by atoms with E-state index in [4.69, 9.17) is 17.3 Å². The molecule has 64 valence electrons. The summed E-state index contributed by atoms with van der Waals surface area (Å²) in [6.07, 6.45) is 0. The Morgan fingerprint density at radius 1 is 1.42 bits per heavy atom. The van der Waals surface area contributed by atoms with E-state index in [0.717, 1.165) is 5.56 Å². The molecule has 0 heterocycles. The molecule has 0 saturated heterocycles. The second kappa shape index (κ2) is 4.12. The minimum absolute atomic E-state index is 0.107. The maximum atomic E-state index is 5.39. The first kappa shape index (κ1) is 9.07. The average Bonchev–Trinajstić information content (AvgIpc) is 2.03. The molecule has 2 nitrogen and oxygen atoms in total. The maximum absolute atomic E-state index is 5.39. The van der Waals surface area contributed by atoms with E-state index in [1.165, 1.54) is 5.56 Å². The molecule has 1 rings (SSSR count). The molecule has 12 heavy (non-hydrogen) atoms. The third-order valence-corrected chi connectivity index (χ3v) is 1.65. The lowest BCUT2D eigenvalue weighted by atomic mass is 10.1. The summed E-state index contributed by atoms with van der Waals surface area (Å²) in [5.74, 6) is 0. The van der Waals surface area contributed by atoms with E-state index in [2.05, 4.69) is 4.99 Å². The molecule has 0 aliphatic heterocycles. The summed E-state index contributed by atoms with van der Waals surface area (Å²) in [6.45, 7) is 2.60. The number of hydrogen-bond donors (Lipinski definition) is 1. The Morgan fingerprint density at radius 3 is 2.50 bits per heavy atom. The van der Waals surface area contributed by atoms with E-state index in [1.54, 1.807) is 0 Å². The molecule has 0 atom stereocenters. The summed E-state index contributed by atoms with van der Waals surface area (Å²) in [6, 6.07) is 8.10. The van der Waals surface area contributed by atoms with Gasteiger partial charge in [-0.15, -0.1) is 0 Å². The molecule has 0 radical (unpaired) electrons. The summed E-state index contributed by atoms with van der Waals surface area (Å²) in [4.78, 5) is 3.88. The van der Waals surface area contributed by atoms with E-state index in [0.29, 0.717) is 6.54 Å². The van der Waals surface area contributed by atoms with Crippen LogP contribution in [0.15, 0.2) is 29.3 Å². The minimum atomic E-state index is 0.107. The van der Waals surface area contributed by atoms with Crippen LogP contribution in [0.3, 0.4) is 0 Å². The highest BCUT2D eigenvalue weighted by Gasteiger charge is 1.90. The molecule has 0 unspecified atom stereocenters. The summed E-state index contributed by atoms with van der Waals surface area (Å²) in [7, 11) is 0. The van der Waals surface area contributed by atoms with Gasteiger partial charge in [-0.1, -0.05) is 29.8 Å². The number of halogens is 1. The number of amidine groups is 1. The van der Waals surface area contributed by atoms with Crippen molar-refractivity contribution in [3.05, 3.63) is 35.4 Å². The van der Waals surface area contributed by atoms with E-state index in [9.17, 15) is 0 Å². The Labute approximate surface area is 77.1 Å². The van der Waals surface area contributed by atoms with Crippen LogP contribution in [-0.2, 0) is 6.54 Å². The van der Waals surface area contributed by atoms with E-state index < -0.39 is 0 Å². The molecule has 1 aromatic carbocycles. The molecule has 1 aromatic rings. The number of nitrogens with two attached hydrogens (primary N) is 1. The fourth-order valence-electron chi connectivity index (χ4n) is 0.860. The Hall–Kier alpha value is -1.02. The molecule has 2 N–H and O–H groups in total. The molecule has 0 fully saturated rings. The van der Waals surface area contributed by atoms with Crippen molar-refractivity contribution < 1.29 is 0 Å². The van der Waals surface area contributed by atoms with Gasteiger partial charge in [0.2, 0.25) is 0 Å². The Bertz CT molecular complexity index is 273. The first-order valence-electron chi connectivity index (χ1n) is 3.69. The first-order valence-corrected chi connectivity index (χ1v) is 4.07. The molecule has 0 bridgehead atoms. The SMILES string of the molecule is Cc1ccc(CN=C(N)Cl)cc1. The Kier molecular flexibility index (Phi) is 3.11. The second-order valence-corrected chi connectivity index (χ2v) is 3.01. The van der Waals surface area contributed by atoms with Crippen LogP contribution in [-0.4, -0.2) is 5.29 Å². The zero-order valence-electron chi connectivity index (χ0n) is 6.92. The summed E-state index contributed by atoms with van der Waals surface area (Å²) < 4.78 is 0. The van der Waals surface area contributed by atoms with Crippen molar-refractivity contribution in [1.29, 1.82) is 0 Å². The standard InChI is InChI=1S/C9H11ClN2/c1-7-2-4-8(5-3-7)6-12-9(10)11/h2-5H,6H2,1H3,(H2,11,12). The summed E-state index contributed by atoms with van der Waals surface area (Å²) >= 11 is 5.39. The van der Waals surface area contributed by atoms with Crippen LogP contribution < -0.4 is 5.73 Å². The lowest BCUT2D eigenvalue weighted by Crippen LogP contribution is -2.01.